The van der Waals surface area contributed by atoms with E-state index in [0.717, 1.165) is 0 Å². The predicted octanol–water partition coefficient (Wildman–Crippen LogP) is -0.590. The highest BCUT2D eigenvalue weighted by atomic mass is 32.2. The molecule has 7 heteroatoms. The second-order valence-electron chi connectivity index (χ2n) is 2.75. The average molecular weight is 210 g/mol. The van der Waals surface area contributed by atoms with Crippen LogP contribution >= 0.6 is 0 Å². The van der Waals surface area contributed by atoms with Crippen LogP contribution in [-0.2, 0) is 14.8 Å². The summed E-state index contributed by atoms with van der Waals surface area (Å²) in [5, 5.41) is 6.95. The Kier molecular flexibility index (Phi) is 4.71. The minimum absolute atomic E-state index is 0.0373. The lowest BCUT2D eigenvalue weighted by Crippen LogP contribution is -2.33. The van der Waals surface area contributed by atoms with Crippen molar-refractivity contribution in [3.8, 4) is 0 Å². The van der Waals surface area contributed by atoms with Gasteiger partial charge >= 0.3 is 6.09 Å². The molecule has 0 unspecified atom stereocenters. The number of hydrogen-bond acceptors (Lipinski definition) is 4. The number of alkyl carbamates (subject to hydrolysis) is 1. The summed E-state index contributed by atoms with van der Waals surface area (Å²) >= 11 is 0. The molecule has 0 aromatic carbocycles. The molecule has 0 aliphatic rings. The molecule has 0 spiro atoms. The summed E-state index contributed by atoms with van der Waals surface area (Å²) in [6, 6.07) is 0. The van der Waals surface area contributed by atoms with Crippen LogP contribution in [0.5, 0.6) is 0 Å². The first-order chi connectivity index (χ1) is 5.81. The van der Waals surface area contributed by atoms with Crippen LogP contribution in [0.25, 0.3) is 0 Å². The van der Waals surface area contributed by atoms with Gasteiger partial charge in [0.1, 0.15) is 0 Å². The number of hydrogen-bond donors (Lipinski definition) is 2. The molecule has 0 aromatic rings. The van der Waals surface area contributed by atoms with E-state index in [4.69, 9.17) is 5.14 Å². The number of amides is 1. The molecule has 0 rings (SSSR count). The van der Waals surface area contributed by atoms with E-state index in [1.807, 2.05) is 0 Å². The van der Waals surface area contributed by atoms with Crippen LogP contribution in [0.1, 0.15) is 13.8 Å². The van der Waals surface area contributed by atoms with Crippen LogP contribution in [0.3, 0.4) is 0 Å². The van der Waals surface area contributed by atoms with Crippen molar-refractivity contribution < 1.29 is 17.9 Å². The van der Waals surface area contributed by atoms with Crippen molar-refractivity contribution in [2.75, 3.05) is 12.3 Å². The molecule has 0 fully saturated rings. The van der Waals surface area contributed by atoms with Crippen LogP contribution in [0.15, 0.2) is 0 Å². The first kappa shape index (κ1) is 12.2. The van der Waals surface area contributed by atoms with Crippen LogP contribution < -0.4 is 10.5 Å². The Labute approximate surface area is 77.5 Å². The van der Waals surface area contributed by atoms with Crippen molar-refractivity contribution in [3.63, 3.8) is 0 Å². The normalized spacial score (nSPS) is 11.4. The number of carbonyl (C=O) groups excluding carboxylic acids is 1. The van der Waals surface area contributed by atoms with Crippen LogP contribution in [0.2, 0.25) is 0 Å². The van der Waals surface area contributed by atoms with Gasteiger partial charge in [-0.25, -0.2) is 18.4 Å². The fraction of sp³-hybridized carbons (Fsp3) is 0.833. The van der Waals surface area contributed by atoms with E-state index in [1.165, 1.54) is 0 Å². The molecule has 0 bridgehead atoms. The molecule has 0 atom stereocenters. The molecule has 0 aliphatic heterocycles. The topological polar surface area (TPSA) is 98.5 Å². The first-order valence-corrected chi connectivity index (χ1v) is 5.48. The number of rotatable bonds is 4. The molecule has 0 aromatic heterocycles. The number of nitrogens with two attached hydrogens (primary N) is 1. The van der Waals surface area contributed by atoms with Gasteiger partial charge in [-0.2, -0.15) is 0 Å². The van der Waals surface area contributed by atoms with Crippen molar-refractivity contribution in [1.29, 1.82) is 0 Å². The van der Waals surface area contributed by atoms with Crippen molar-refractivity contribution in [2.24, 2.45) is 5.14 Å². The summed E-state index contributed by atoms with van der Waals surface area (Å²) < 4.78 is 25.5. The number of sulfonamides is 1. The standard InChI is InChI=1S/C6H14N2O4S/c1-5(2)12-6(9)8-3-4-13(7,10)11/h5H,3-4H2,1-2H3,(H,8,9)(H2,7,10,11). The molecule has 0 saturated carbocycles. The summed E-state index contributed by atoms with van der Waals surface area (Å²) in [6.07, 6.45) is -0.867. The highest BCUT2D eigenvalue weighted by molar-refractivity contribution is 7.89. The van der Waals surface area contributed by atoms with Gasteiger partial charge in [0.25, 0.3) is 0 Å². The Bertz CT molecular complexity index is 260. The maximum Gasteiger partial charge on any atom is 0.407 e. The summed E-state index contributed by atoms with van der Waals surface area (Å²) in [5.74, 6) is -0.291. The zero-order chi connectivity index (χ0) is 10.5. The Hall–Kier alpha value is -0.820. The Balaban J connectivity index is 3.61. The monoisotopic (exact) mass is 210 g/mol. The second kappa shape index (κ2) is 5.03. The maximum atomic E-state index is 10.8. The lowest BCUT2D eigenvalue weighted by atomic mass is 10.5. The minimum Gasteiger partial charge on any atom is -0.447 e. The molecule has 0 aliphatic carbocycles. The first-order valence-electron chi connectivity index (χ1n) is 3.76. The summed E-state index contributed by atoms with van der Waals surface area (Å²) in [5.41, 5.74) is 0. The Morgan fingerprint density at radius 1 is 1.54 bits per heavy atom. The molecule has 0 saturated heterocycles. The molecule has 0 radical (unpaired) electrons. The third-order valence-electron chi connectivity index (χ3n) is 0.999. The van der Waals surface area contributed by atoms with Gasteiger partial charge in [-0.15, -0.1) is 0 Å². The van der Waals surface area contributed by atoms with Crippen LogP contribution in [0.4, 0.5) is 4.79 Å². The summed E-state index contributed by atoms with van der Waals surface area (Å²) in [7, 11) is -3.52. The second-order valence-corrected chi connectivity index (χ2v) is 4.48. The van der Waals surface area contributed by atoms with E-state index < -0.39 is 16.1 Å². The van der Waals surface area contributed by atoms with E-state index in [2.05, 4.69) is 10.1 Å². The Morgan fingerprint density at radius 3 is 2.46 bits per heavy atom. The van der Waals surface area contributed by atoms with E-state index in [9.17, 15) is 13.2 Å². The Morgan fingerprint density at radius 2 is 2.08 bits per heavy atom. The van der Waals surface area contributed by atoms with Gasteiger partial charge in [-0.05, 0) is 13.8 Å². The van der Waals surface area contributed by atoms with Crippen molar-refractivity contribution in [1.82, 2.24) is 5.32 Å². The van der Waals surface area contributed by atoms with Gasteiger partial charge in [0.05, 0.1) is 11.9 Å². The molecule has 78 valence electrons. The smallest absolute Gasteiger partial charge is 0.407 e. The van der Waals surface area contributed by atoms with Gasteiger partial charge in [-0.3, -0.25) is 0 Å². The number of primary sulfonamides is 1. The van der Waals surface area contributed by atoms with Gasteiger partial charge in [0, 0.05) is 6.54 Å². The number of nitrogens with one attached hydrogen (secondary N) is 1. The van der Waals surface area contributed by atoms with Gasteiger partial charge in [0.15, 0.2) is 0 Å². The van der Waals surface area contributed by atoms with E-state index in [-0.39, 0.29) is 18.4 Å². The summed E-state index contributed by atoms with van der Waals surface area (Å²) in [4.78, 5) is 10.8. The maximum absolute atomic E-state index is 10.8. The highest BCUT2D eigenvalue weighted by Gasteiger charge is 2.06. The molecular weight excluding hydrogens is 196 g/mol. The average Bonchev–Trinajstić information content (AvgIpc) is 1.81. The third kappa shape index (κ3) is 9.09. The van der Waals surface area contributed by atoms with Crippen LogP contribution in [0, 0.1) is 0 Å². The lowest BCUT2D eigenvalue weighted by molar-refractivity contribution is 0.116. The fourth-order valence-corrected chi connectivity index (χ4v) is 0.938. The van der Waals surface area contributed by atoms with Gasteiger partial charge < -0.3 is 10.1 Å². The third-order valence-corrected chi connectivity index (χ3v) is 1.77. The van der Waals surface area contributed by atoms with Crippen molar-refractivity contribution in [2.45, 2.75) is 20.0 Å². The van der Waals surface area contributed by atoms with E-state index in [1.54, 1.807) is 13.8 Å². The molecular formula is C6H14N2O4S. The molecule has 6 nitrogen and oxygen atoms in total. The lowest BCUT2D eigenvalue weighted by Gasteiger charge is -2.08. The van der Waals surface area contributed by atoms with Crippen molar-refractivity contribution in [3.05, 3.63) is 0 Å². The van der Waals surface area contributed by atoms with E-state index >= 15 is 0 Å². The molecule has 3 N–H and O–H groups in total. The number of ether oxygens (including phenoxy) is 1. The zero-order valence-electron chi connectivity index (χ0n) is 7.61. The molecule has 13 heavy (non-hydrogen) atoms. The van der Waals surface area contributed by atoms with Gasteiger partial charge in [-0.1, -0.05) is 0 Å². The molecule has 0 heterocycles. The van der Waals surface area contributed by atoms with E-state index in [0.29, 0.717) is 0 Å². The SMILES string of the molecule is CC(C)OC(=O)NCCS(N)(=O)=O. The van der Waals surface area contributed by atoms with Crippen molar-refractivity contribution >= 4 is 16.1 Å². The predicted molar refractivity (Wildman–Crippen MR) is 47.6 cm³/mol. The zero-order valence-corrected chi connectivity index (χ0v) is 8.43. The molecule has 1 amide bonds. The van der Waals surface area contributed by atoms with Crippen LogP contribution in [-0.4, -0.2) is 32.9 Å². The number of carbonyl (C=O) groups is 1. The summed E-state index contributed by atoms with van der Waals surface area (Å²) in [6.45, 7) is 3.35. The van der Waals surface area contributed by atoms with Gasteiger partial charge in [0.2, 0.25) is 10.0 Å². The minimum atomic E-state index is -3.52. The largest absolute Gasteiger partial charge is 0.447 e. The fourth-order valence-electron chi connectivity index (χ4n) is 0.551. The quantitative estimate of drug-likeness (QED) is 0.647. The highest BCUT2D eigenvalue weighted by Crippen LogP contribution is 1.87.